The molecule has 3 nitrogen and oxygen atoms in total. The third-order valence-corrected chi connectivity index (χ3v) is 7.36. The number of hydrogen-bond acceptors (Lipinski definition) is 3. The second-order valence-electron chi connectivity index (χ2n) is 9.22. The topological polar surface area (TPSA) is 29.5 Å². The first kappa shape index (κ1) is 20.5. The number of piperidine rings is 1. The molecular weight excluding hydrogens is 358 g/mol. The SMILES string of the molecule is CC#CC(=O)CC1CCC(CCN2CCC(c3cccc4c3CCO4)CC2)CC1. The van der Waals surface area contributed by atoms with E-state index in [4.69, 9.17) is 4.74 Å². The summed E-state index contributed by atoms with van der Waals surface area (Å²) in [7, 11) is 0. The van der Waals surface area contributed by atoms with Crippen LogP contribution < -0.4 is 4.74 Å². The summed E-state index contributed by atoms with van der Waals surface area (Å²) in [6.45, 7) is 6.31. The molecule has 0 N–H and O–H groups in total. The van der Waals surface area contributed by atoms with Gasteiger partial charge in [0.15, 0.2) is 0 Å². The minimum absolute atomic E-state index is 0.134. The Balaban J connectivity index is 1.17. The van der Waals surface area contributed by atoms with Crippen LogP contribution in [-0.2, 0) is 11.2 Å². The highest BCUT2D eigenvalue weighted by molar-refractivity contribution is 5.95. The molecular formula is C26H35NO2. The van der Waals surface area contributed by atoms with E-state index in [1.807, 2.05) is 0 Å². The molecule has 0 aromatic heterocycles. The minimum atomic E-state index is 0.134. The zero-order chi connectivity index (χ0) is 20.1. The Hall–Kier alpha value is -1.79. The van der Waals surface area contributed by atoms with E-state index in [9.17, 15) is 4.79 Å². The number of benzene rings is 1. The zero-order valence-corrected chi connectivity index (χ0v) is 17.9. The number of ether oxygens (including phenoxy) is 1. The second kappa shape index (κ2) is 9.81. The molecule has 0 atom stereocenters. The molecule has 0 radical (unpaired) electrons. The van der Waals surface area contributed by atoms with Crippen LogP contribution in [0.5, 0.6) is 5.75 Å². The molecule has 1 saturated carbocycles. The fourth-order valence-electron chi connectivity index (χ4n) is 5.64. The van der Waals surface area contributed by atoms with E-state index < -0.39 is 0 Å². The smallest absolute Gasteiger partial charge is 0.205 e. The number of Topliss-reactive ketones (excluding diaryl/α,β-unsaturated/α-hetero) is 1. The van der Waals surface area contributed by atoms with Crippen LogP contribution in [0.1, 0.15) is 75.3 Å². The van der Waals surface area contributed by atoms with Gasteiger partial charge in [0.2, 0.25) is 5.78 Å². The fraction of sp³-hybridized carbons (Fsp3) is 0.654. The number of carbonyl (C=O) groups is 1. The van der Waals surface area contributed by atoms with Crippen molar-refractivity contribution in [3.63, 3.8) is 0 Å². The first-order chi connectivity index (χ1) is 14.2. The summed E-state index contributed by atoms with van der Waals surface area (Å²) in [5, 5.41) is 0. The number of likely N-dealkylation sites (tertiary alicyclic amines) is 1. The zero-order valence-electron chi connectivity index (χ0n) is 17.9. The van der Waals surface area contributed by atoms with E-state index in [0.29, 0.717) is 18.3 Å². The van der Waals surface area contributed by atoms with E-state index in [1.165, 1.54) is 70.1 Å². The van der Waals surface area contributed by atoms with Gasteiger partial charge in [0, 0.05) is 18.4 Å². The van der Waals surface area contributed by atoms with Crippen LogP contribution in [-0.4, -0.2) is 36.9 Å². The van der Waals surface area contributed by atoms with E-state index in [2.05, 4.69) is 34.9 Å². The molecule has 156 valence electrons. The Bertz CT molecular complexity index is 759. The maximum Gasteiger partial charge on any atom is 0.205 e. The van der Waals surface area contributed by atoms with Crippen molar-refractivity contribution in [3.05, 3.63) is 29.3 Å². The number of hydrogen-bond donors (Lipinski definition) is 0. The van der Waals surface area contributed by atoms with Gasteiger partial charge in [-0.2, -0.15) is 0 Å². The van der Waals surface area contributed by atoms with Gasteiger partial charge < -0.3 is 9.64 Å². The van der Waals surface area contributed by atoms with Crippen molar-refractivity contribution in [3.8, 4) is 17.6 Å². The predicted octanol–water partition coefficient (Wildman–Crippen LogP) is 4.98. The molecule has 2 aliphatic heterocycles. The summed E-state index contributed by atoms with van der Waals surface area (Å²) < 4.78 is 5.76. The molecule has 3 heteroatoms. The van der Waals surface area contributed by atoms with Gasteiger partial charge in [0.1, 0.15) is 5.75 Å². The van der Waals surface area contributed by atoms with Crippen molar-refractivity contribution in [2.45, 2.75) is 70.6 Å². The normalized spacial score (nSPS) is 25.0. The van der Waals surface area contributed by atoms with E-state index in [1.54, 1.807) is 12.5 Å². The van der Waals surface area contributed by atoms with Crippen LogP contribution in [0.4, 0.5) is 0 Å². The van der Waals surface area contributed by atoms with Crippen LogP contribution in [0.2, 0.25) is 0 Å². The molecule has 1 saturated heterocycles. The summed E-state index contributed by atoms with van der Waals surface area (Å²) in [5.41, 5.74) is 3.03. The lowest BCUT2D eigenvalue weighted by atomic mass is 9.78. The van der Waals surface area contributed by atoms with Crippen LogP contribution in [0.15, 0.2) is 18.2 Å². The van der Waals surface area contributed by atoms with Crippen LogP contribution in [0.25, 0.3) is 0 Å². The van der Waals surface area contributed by atoms with Crippen LogP contribution in [0, 0.1) is 23.7 Å². The third kappa shape index (κ3) is 5.23. The molecule has 4 rings (SSSR count). The molecule has 0 unspecified atom stereocenters. The summed E-state index contributed by atoms with van der Waals surface area (Å²) in [4.78, 5) is 14.4. The maximum atomic E-state index is 11.7. The Morgan fingerprint density at radius 2 is 1.86 bits per heavy atom. The summed E-state index contributed by atoms with van der Waals surface area (Å²) in [6.07, 6.45) is 10.7. The van der Waals surface area contributed by atoms with Gasteiger partial charge >= 0.3 is 0 Å². The lowest BCUT2D eigenvalue weighted by molar-refractivity contribution is -0.114. The standard InChI is InChI=1S/C26H35NO2/c1-2-4-23(28)19-21-9-7-20(8-10-21)11-15-27-16-12-22(13-17-27)24-5-3-6-26-25(24)14-18-29-26/h3,5-6,20-22H,7-19H2,1H3. The first-order valence-electron chi connectivity index (χ1n) is 11.7. The Morgan fingerprint density at radius 1 is 1.10 bits per heavy atom. The Labute approximate surface area is 176 Å². The number of rotatable bonds is 6. The summed E-state index contributed by atoms with van der Waals surface area (Å²) in [6, 6.07) is 6.64. The van der Waals surface area contributed by atoms with E-state index >= 15 is 0 Å². The molecule has 3 aliphatic rings. The third-order valence-electron chi connectivity index (χ3n) is 7.36. The number of carbonyl (C=O) groups excluding carboxylic acids is 1. The number of ketones is 1. The van der Waals surface area contributed by atoms with Gasteiger partial charge in [-0.3, -0.25) is 4.79 Å². The van der Waals surface area contributed by atoms with Crippen LogP contribution in [0.3, 0.4) is 0 Å². The summed E-state index contributed by atoms with van der Waals surface area (Å²) in [5.74, 6) is 8.84. The molecule has 1 aromatic rings. The molecule has 0 amide bonds. The average Bonchev–Trinajstić information content (AvgIpc) is 3.23. The molecule has 1 aromatic carbocycles. The molecule has 1 aliphatic carbocycles. The highest BCUT2D eigenvalue weighted by atomic mass is 16.5. The van der Waals surface area contributed by atoms with Crippen molar-refractivity contribution in [1.82, 2.24) is 4.90 Å². The maximum absolute atomic E-state index is 11.7. The Kier molecular flexibility index (Phi) is 6.93. The largest absolute Gasteiger partial charge is 0.493 e. The highest BCUT2D eigenvalue weighted by Gasteiger charge is 2.27. The van der Waals surface area contributed by atoms with Crippen molar-refractivity contribution < 1.29 is 9.53 Å². The number of nitrogens with zero attached hydrogens (tertiary/aromatic N) is 1. The molecule has 2 heterocycles. The number of fused-ring (bicyclic) bond motifs is 1. The van der Waals surface area contributed by atoms with Crippen molar-refractivity contribution >= 4 is 5.78 Å². The van der Waals surface area contributed by atoms with E-state index in [-0.39, 0.29) is 5.78 Å². The lowest BCUT2D eigenvalue weighted by Gasteiger charge is -2.34. The summed E-state index contributed by atoms with van der Waals surface area (Å²) >= 11 is 0. The van der Waals surface area contributed by atoms with Gasteiger partial charge in [-0.25, -0.2) is 0 Å². The van der Waals surface area contributed by atoms with Gasteiger partial charge in [0.05, 0.1) is 6.61 Å². The van der Waals surface area contributed by atoms with Crippen molar-refractivity contribution in [2.75, 3.05) is 26.2 Å². The van der Waals surface area contributed by atoms with Gasteiger partial charge in [0.25, 0.3) is 0 Å². The van der Waals surface area contributed by atoms with E-state index in [0.717, 1.165) is 24.7 Å². The van der Waals surface area contributed by atoms with Crippen molar-refractivity contribution in [1.29, 1.82) is 0 Å². The molecule has 2 fully saturated rings. The average molecular weight is 394 g/mol. The second-order valence-corrected chi connectivity index (χ2v) is 9.22. The van der Waals surface area contributed by atoms with Crippen LogP contribution >= 0.6 is 0 Å². The monoisotopic (exact) mass is 393 g/mol. The minimum Gasteiger partial charge on any atom is -0.493 e. The molecule has 29 heavy (non-hydrogen) atoms. The van der Waals surface area contributed by atoms with Crippen molar-refractivity contribution in [2.24, 2.45) is 11.8 Å². The van der Waals surface area contributed by atoms with Gasteiger partial charge in [-0.15, -0.1) is 0 Å². The predicted molar refractivity (Wildman–Crippen MR) is 117 cm³/mol. The Morgan fingerprint density at radius 3 is 2.62 bits per heavy atom. The fourth-order valence-corrected chi connectivity index (χ4v) is 5.64. The molecule has 0 bridgehead atoms. The van der Waals surface area contributed by atoms with Gasteiger partial charge in [-0.1, -0.05) is 30.9 Å². The highest BCUT2D eigenvalue weighted by Crippen LogP contribution is 2.37. The first-order valence-corrected chi connectivity index (χ1v) is 11.7. The quantitative estimate of drug-likeness (QED) is 0.504. The van der Waals surface area contributed by atoms with Gasteiger partial charge in [-0.05, 0) is 94.0 Å². The lowest BCUT2D eigenvalue weighted by Crippen LogP contribution is -2.35. The molecule has 0 spiro atoms.